The number of likely N-dealkylation sites (tertiary alicyclic amines) is 1. The first kappa shape index (κ1) is 20.6. The summed E-state index contributed by atoms with van der Waals surface area (Å²) < 4.78 is 5.55. The van der Waals surface area contributed by atoms with Crippen LogP contribution in [0.25, 0.3) is 0 Å². The molecule has 2 aliphatic rings. The lowest BCUT2D eigenvalue weighted by Crippen LogP contribution is -2.46. The van der Waals surface area contributed by atoms with E-state index >= 15 is 0 Å². The molecule has 3 rings (SSSR count). The van der Waals surface area contributed by atoms with Crippen molar-refractivity contribution in [2.45, 2.75) is 84.7 Å². The van der Waals surface area contributed by atoms with Gasteiger partial charge >= 0.3 is 6.09 Å². The minimum absolute atomic E-state index is 0.0505. The highest BCUT2D eigenvalue weighted by Crippen LogP contribution is 2.56. The third-order valence-electron chi connectivity index (χ3n) is 6.50. The Hall–Kier alpha value is -2.09. The van der Waals surface area contributed by atoms with Crippen LogP contribution in [-0.2, 0) is 10.2 Å². The molecule has 1 aliphatic heterocycles. The molecule has 1 saturated heterocycles. The van der Waals surface area contributed by atoms with Crippen LogP contribution in [0.4, 0.5) is 4.79 Å². The molecule has 1 aromatic rings. The van der Waals surface area contributed by atoms with Crippen molar-refractivity contribution in [3.8, 4) is 6.07 Å². The number of amides is 1. The summed E-state index contributed by atoms with van der Waals surface area (Å²) >= 11 is 0. The zero-order valence-electron chi connectivity index (χ0n) is 18.3. The zero-order valence-corrected chi connectivity index (χ0v) is 18.3. The predicted molar refractivity (Wildman–Crippen MR) is 109 cm³/mol. The number of ether oxygens (including phenoxy) is 1. The molecule has 1 spiro atoms. The first-order chi connectivity index (χ1) is 12.9. The number of aromatic nitrogens is 1. The molecule has 5 heteroatoms. The number of carbonyl (C=O) groups is 1. The number of hydrogen-bond acceptors (Lipinski definition) is 4. The van der Waals surface area contributed by atoms with Gasteiger partial charge in [0.25, 0.3) is 0 Å². The summed E-state index contributed by atoms with van der Waals surface area (Å²) in [4.78, 5) is 19.3. The maximum Gasteiger partial charge on any atom is 0.410 e. The lowest BCUT2D eigenvalue weighted by molar-refractivity contribution is 0.0156. The SMILES string of the molecule is Cc1cc2c(nc1C)C1(CCN(C(=O)OC(C)(C)C)CC1)CC2C(C)(C)C#N. The molecule has 1 unspecified atom stereocenters. The van der Waals surface area contributed by atoms with Gasteiger partial charge in [-0.3, -0.25) is 4.98 Å². The summed E-state index contributed by atoms with van der Waals surface area (Å²) in [5.74, 6) is 0.173. The molecule has 28 heavy (non-hydrogen) atoms. The highest BCUT2D eigenvalue weighted by molar-refractivity contribution is 5.68. The maximum atomic E-state index is 12.5. The van der Waals surface area contributed by atoms with Crippen molar-refractivity contribution in [2.75, 3.05) is 13.1 Å². The number of nitriles is 1. The molecule has 1 amide bonds. The molecule has 2 heterocycles. The molecule has 0 aromatic carbocycles. The average Bonchev–Trinajstić information content (AvgIpc) is 2.89. The van der Waals surface area contributed by atoms with Gasteiger partial charge in [0.1, 0.15) is 5.60 Å². The van der Waals surface area contributed by atoms with Crippen LogP contribution in [-0.4, -0.2) is 34.7 Å². The fraction of sp³-hybridized carbons (Fsp3) is 0.696. The second-order valence-corrected chi connectivity index (χ2v) is 10.2. The smallest absolute Gasteiger partial charge is 0.410 e. The Balaban J connectivity index is 1.89. The molecular formula is C23H33N3O2. The normalized spacial score (nSPS) is 21.4. The minimum Gasteiger partial charge on any atom is -0.444 e. The Bertz CT molecular complexity index is 821. The van der Waals surface area contributed by atoms with Crippen LogP contribution in [0.1, 0.15) is 82.3 Å². The van der Waals surface area contributed by atoms with Crippen molar-refractivity contribution < 1.29 is 9.53 Å². The Kier molecular flexibility index (Phi) is 4.98. The first-order valence-corrected chi connectivity index (χ1v) is 10.3. The van der Waals surface area contributed by atoms with E-state index in [1.54, 1.807) is 0 Å². The third-order valence-corrected chi connectivity index (χ3v) is 6.50. The average molecular weight is 384 g/mol. The summed E-state index contributed by atoms with van der Waals surface area (Å²) in [6.07, 6.45) is 2.43. The summed E-state index contributed by atoms with van der Waals surface area (Å²) in [5, 5.41) is 9.77. The van der Waals surface area contributed by atoms with E-state index in [0.29, 0.717) is 13.1 Å². The van der Waals surface area contributed by atoms with Crippen LogP contribution in [0.5, 0.6) is 0 Å². The van der Waals surface area contributed by atoms with Gasteiger partial charge < -0.3 is 9.64 Å². The molecule has 1 aromatic heterocycles. The summed E-state index contributed by atoms with van der Waals surface area (Å²) in [7, 11) is 0. The van der Waals surface area contributed by atoms with Gasteiger partial charge in [-0.05, 0) is 78.9 Å². The van der Waals surface area contributed by atoms with E-state index in [-0.39, 0.29) is 17.4 Å². The quantitative estimate of drug-likeness (QED) is 0.684. The number of piperidine rings is 1. The molecule has 5 nitrogen and oxygen atoms in total. The molecule has 0 saturated carbocycles. The van der Waals surface area contributed by atoms with Gasteiger partial charge in [0.2, 0.25) is 0 Å². The van der Waals surface area contributed by atoms with Crippen molar-refractivity contribution in [3.63, 3.8) is 0 Å². The van der Waals surface area contributed by atoms with Crippen molar-refractivity contribution >= 4 is 6.09 Å². The van der Waals surface area contributed by atoms with E-state index in [0.717, 1.165) is 30.7 Å². The second-order valence-electron chi connectivity index (χ2n) is 10.2. The molecule has 152 valence electrons. The van der Waals surface area contributed by atoms with Crippen molar-refractivity contribution in [3.05, 3.63) is 28.6 Å². The van der Waals surface area contributed by atoms with Gasteiger partial charge in [0.15, 0.2) is 0 Å². The predicted octanol–water partition coefficient (Wildman–Crippen LogP) is 5.00. The van der Waals surface area contributed by atoms with Crippen LogP contribution < -0.4 is 0 Å². The standard InChI is InChI=1S/C23H33N3O2/c1-15-12-17-18(22(6,7)14-24)13-23(19(17)25-16(15)2)8-10-26(11-9-23)20(27)28-21(3,4)5/h12,18H,8-11,13H2,1-7H3. The number of pyridine rings is 1. The van der Waals surface area contributed by atoms with Crippen LogP contribution in [0, 0.1) is 30.6 Å². The second kappa shape index (κ2) is 6.76. The number of fused-ring (bicyclic) bond motifs is 2. The highest BCUT2D eigenvalue weighted by atomic mass is 16.6. The van der Waals surface area contributed by atoms with Gasteiger partial charge in [-0.25, -0.2) is 4.79 Å². The van der Waals surface area contributed by atoms with Gasteiger partial charge in [0.05, 0.1) is 17.2 Å². The van der Waals surface area contributed by atoms with E-state index in [2.05, 4.69) is 26.0 Å². The fourth-order valence-electron chi connectivity index (χ4n) is 4.62. The molecule has 1 fully saturated rings. The monoisotopic (exact) mass is 383 g/mol. The van der Waals surface area contributed by atoms with E-state index in [4.69, 9.17) is 9.72 Å². The van der Waals surface area contributed by atoms with Crippen LogP contribution >= 0.6 is 0 Å². The molecular weight excluding hydrogens is 350 g/mol. The van der Waals surface area contributed by atoms with Crippen LogP contribution in [0.2, 0.25) is 0 Å². The minimum atomic E-state index is -0.482. The Morgan fingerprint density at radius 1 is 1.25 bits per heavy atom. The van der Waals surface area contributed by atoms with Gasteiger partial charge in [0, 0.05) is 30.1 Å². The first-order valence-electron chi connectivity index (χ1n) is 10.3. The van der Waals surface area contributed by atoms with Crippen molar-refractivity contribution in [1.82, 2.24) is 9.88 Å². The third kappa shape index (κ3) is 3.62. The maximum absolute atomic E-state index is 12.5. The van der Waals surface area contributed by atoms with E-state index < -0.39 is 11.0 Å². The molecule has 1 atom stereocenters. The van der Waals surface area contributed by atoms with E-state index in [1.165, 1.54) is 11.1 Å². The van der Waals surface area contributed by atoms with Crippen molar-refractivity contribution in [2.24, 2.45) is 5.41 Å². The van der Waals surface area contributed by atoms with Gasteiger partial charge in [-0.15, -0.1) is 0 Å². The van der Waals surface area contributed by atoms with E-state index in [9.17, 15) is 10.1 Å². The fourth-order valence-corrected chi connectivity index (χ4v) is 4.62. The topological polar surface area (TPSA) is 66.2 Å². The number of hydrogen-bond donors (Lipinski definition) is 0. The van der Waals surface area contributed by atoms with Crippen LogP contribution in [0.3, 0.4) is 0 Å². The van der Waals surface area contributed by atoms with Gasteiger partial charge in [-0.1, -0.05) is 6.07 Å². The van der Waals surface area contributed by atoms with Gasteiger partial charge in [-0.2, -0.15) is 5.26 Å². The summed E-state index contributed by atoms with van der Waals surface area (Å²) in [6, 6.07) is 4.77. The number of nitrogens with zero attached hydrogens (tertiary/aromatic N) is 3. The Labute approximate surface area is 169 Å². The zero-order chi connectivity index (χ0) is 20.9. The summed E-state index contributed by atoms with van der Waals surface area (Å²) in [5.41, 5.74) is 3.66. The lowest BCUT2D eigenvalue weighted by atomic mass is 9.71. The molecule has 0 bridgehead atoms. The summed E-state index contributed by atoms with van der Waals surface area (Å²) in [6.45, 7) is 15.2. The molecule has 0 N–H and O–H groups in total. The Morgan fingerprint density at radius 3 is 2.39 bits per heavy atom. The highest BCUT2D eigenvalue weighted by Gasteiger charge is 2.51. The van der Waals surface area contributed by atoms with Crippen molar-refractivity contribution in [1.29, 1.82) is 5.26 Å². The molecule has 0 radical (unpaired) electrons. The number of carbonyl (C=O) groups excluding carboxylic acids is 1. The Morgan fingerprint density at radius 2 is 1.86 bits per heavy atom. The van der Waals surface area contributed by atoms with E-state index in [1.807, 2.05) is 39.5 Å². The molecule has 1 aliphatic carbocycles. The lowest BCUT2D eigenvalue weighted by Gasteiger charge is -2.40. The number of rotatable bonds is 1. The number of aryl methyl sites for hydroxylation is 2. The van der Waals surface area contributed by atoms with Crippen LogP contribution in [0.15, 0.2) is 6.07 Å². The largest absolute Gasteiger partial charge is 0.444 e.